The van der Waals surface area contributed by atoms with Crippen molar-refractivity contribution in [2.45, 2.75) is 30.5 Å². The molecule has 1 saturated carbocycles. The maximum absolute atomic E-state index is 14.3. The summed E-state index contributed by atoms with van der Waals surface area (Å²) in [5.74, 6) is -0.506. The van der Waals surface area contributed by atoms with Gasteiger partial charge in [-0.1, -0.05) is 0 Å². The molecule has 6 nitrogen and oxygen atoms in total. The molecule has 9 heteroatoms. The van der Waals surface area contributed by atoms with Gasteiger partial charge >= 0.3 is 6.09 Å². The summed E-state index contributed by atoms with van der Waals surface area (Å²) in [5, 5.41) is 0. The Hall–Kier alpha value is -2.16. The summed E-state index contributed by atoms with van der Waals surface area (Å²) < 4.78 is 33.8. The van der Waals surface area contributed by atoms with Gasteiger partial charge in [-0.3, -0.25) is 4.98 Å². The predicted octanol–water partition coefficient (Wildman–Crippen LogP) is 2.98. The van der Waals surface area contributed by atoms with Crippen LogP contribution in [0.4, 0.5) is 13.6 Å². The number of nitrogens with zero attached hydrogens (tertiary/aromatic N) is 3. The first-order valence-corrected chi connectivity index (χ1v) is 7.90. The maximum atomic E-state index is 14.3. The largest absolute Gasteiger partial charge is 0.437 e. The van der Waals surface area contributed by atoms with E-state index in [4.69, 9.17) is 10.5 Å². The normalized spacial score (nSPS) is 24.0. The van der Waals surface area contributed by atoms with Gasteiger partial charge in [-0.2, -0.15) is 0 Å². The highest BCUT2D eigenvalue weighted by Crippen LogP contribution is 2.54. The van der Waals surface area contributed by atoms with Crippen molar-refractivity contribution >= 4 is 22.0 Å². The van der Waals surface area contributed by atoms with E-state index in [1.165, 1.54) is 30.7 Å². The topological polar surface area (TPSA) is 91.0 Å². The molecule has 0 bridgehead atoms. The number of nitrogens with two attached hydrogens (primary N) is 1. The second-order valence-electron chi connectivity index (χ2n) is 5.57. The van der Waals surface area contributed by atoms with Crippen molar-refractivity contribution in [2.24, 2.45) is 5.73 Å². The molecule has 1 aliphatic rings. The van der Waals surface area contributed by atoms with Gasteiger partial charge in [0.2, 0.25) is 0 Å². The van der Waals surface area contributed by atoms with E-state index in [9.17, 15) is 13.6 Å². The van der Waals surface area contributed by atoms with Crippen molar-refractivity contribution in [3.8, 4) is 0 Å². The molecule has 2 aromatic rings. The smallest absolute Gasteiger partial charge is 0.405 e. The van der Waals surface area contributed by atoms with Gasteiger partial charge in [0, 0.05) is 18.6 Å². The Morgan fingerprint density at radius 1 is 1.38 bits per heavy atom. The van der Waals surface area contributed by atoms with Gasteiger partial charge in [-0.25, -0.2) is 23.5 Å². The third-order valence-electron chi connectivity index (χ3n) is 4.01. The molecule has 3 rings (SSSR count). The number of pyridine rings is 1. The van der Waals surface area contributed by atoms with Crippen LogP contribution >= 0.6 is 15.9 Å². The first-order valence-electron chi connectivity index (χ1n) is 7.11. The van der Waals surface area contributed by atoms with Gasteiger partial charge in [0.05, 0.1) is 15.6 Å². The van der Waals surface area contributed by atoms with Crippen molar-refractivity contribution in [1.82, 2.24) is 15.0 Å². The molecule has 0 radical (unpaired) electrons. The fraction of sp³-hybridized carbons (Fsp3) is 0.333. The maximum Gasteiger partial charge on any atom is 0.405 e. The van der Waals surface area contributed by atoms with Crippen LogP contribution in [0.5, 0.6) is 0 Å². The molecule has 0 saturated heterocycles. The Labute approximate surface area is 144 Å². The quantitative estimate of drug-likeness (QED) is 0.854. The Bertz CT molecular complexity index is 753. The number of amides is 1. The number of ether oxygens (including phenoxy) is 1. The Morgan fingerprint density at radius 2 is 2.04 bits per heavy atom. The van der Waals surface area contributed by atoms with Crippen molar-refractivity contribution < 1.29 is 18.3 Å². The number of primary amides is 1. The molecule has 2 aromatic heterocycles. The van der Waals surface area contributed by atoms with Crippen LogP contribution < -0.4 is 5.73 Å². The van der Waals surface area contributed by atoms with Crippen LogP contribution in [-0.2, 0) is 10.2 Å². The second-order valence-corrected chi connectivity index (χ2v) is 6.49. The number of hydrogen-bond donors (Lipinski definition) is 1. The SMILES string of the molecule is NC(=O)OC(c1ncc(Br)cn1)C1(c2ncccc2F)CC(F)C1. The zero-order chi connectivity index (χ0) is 17.3. The lowest BCUT2D eigenvalue weighted by Gasteiger charge is -2.47. The highest BCUT2D eigenvalue weighted by molar-refractivity contribution is 9.10. The molecule has 1 aliphatic carbocycles. The summed E-state index contributed by atoms with van der Waals surface area (Å²) in [4.78, 5) is 23.6. The summed E-state index contributed by atoms with van der Waals surface area (Å²) in [6.45, 7) is 0. The minimum Gasteiger partial charge on any atom is -0.437 e. The lowest BCUT2D eigenvalue weighted by atomic mass is 9.61. The fourth-order valence-electron chi connectivity index (χ4n) is 3.00. The minimum atomic E-state index is -1.20. The average Bonchev–Trinajstić information content (AvgIpc) is 2.51. The lowest BCUT2D eigenvalue weighted by molar-refractivity contribution is -0.0382. The lowest BCUT2D eigenvalue weighted by Crippen LogP contribution is -2.50. The average molecular weight is 399 g/mol. The Balaban J connectivity index is 2.10. The monoisotopic (exact) mass is 398 g/mol. The molecule has 0 aliphatic heterocycles. The minimum absolute atomic E-state index is 0.0108. The number of alkyl halides is 1. The molecule has 1 atom stereocenters. The van der Waals surface area contributed by atoms with E-state index in [0.29, 0.717) is 4.47 Å². The van der Waals surface area contributed by atoms with E-state index < -0.39 is 29.6 Å². The molecule has 1 unspecified atom stereocenters. The molecule has 126 valence electrons. The summed E-state index contributed by atoms with van der Waals surface area (Å²) in [6, 6.07) is 2.65. The molecule has 2 N–H and O–H groups in total. The Morgan fingerprint density at radius 3 is 2.58 bits per heavy atom. The molecule has 0 aromatic carbocycles. The molecular formula is C15H13BrF2N4O2. The van der Waals surface area contributed by atoms with Crippen LogP contribution in [0.3, 0.4) is 0 Å². The molecule has 1 amide bonds. The number of halogens is 3. The van der Waals surface area contributed by atoms with Gasteiger partial charge in [0.1, 0.15) is 12.0 Å². The van der Waals surface area contributed by atoms with Crippen molar-refractivity contribution in [3.63, 3.8) is 0 Å². The summed E-state index contributed by atoms with van der Waals surface area (Å²) >= 11 is 3.20. The molecule has 0 spiro atoms. The summed E-state index contributed by atoms with van der Waals surface area (Å²) in [6.07, 6.45) is 0.776. The van der Waals surface area contributed by atoms with Crippen LogP contribution in [0.1, 0.15) is 30.5 Å². The van der Waals surface area contributed by atoms with Crippen molar-refractivity contribution in [3.05, 3.63) is 52.5 Å². The number of rotatable bonds is 4. The molecular weight excluding hydrogens is 386 g/mol. The van der Waals surface area contributed by atoms with E-state index in [1.807, 2.05) is 0 Å². The van der Waals surface area contributed by atoms with E-state index in [1.54, 1.807) is 0 Å². The zero-order valence-electron chi connectivity index (χ0n) is 12.3. The van der Waals surface area contributed by atoms with Gasteiger partial charge in [0.15, 0.2) is 11.9 Å². The third kappa shape index (κ3) is 2.95. The highest BCUT2D eigenvalue weighted by atomic mass is 79.9. The van der Waals surface area contributed by atoms with E-state index in [2.05, 4.69) is 30.9 Å². The van der Waals surface area contributed by atoms with E-state index in [-0.39, 0.29) is 24.4 Å². The van der Waals surface area contributed by atoms with Crippen LogP contribution in [0.2, 0.25) is 0 Å². The molecule has 2 heterocycles. The molecule has 24 heavy (non-hydrogen) atoms. The highest BCUT2D eigenvalue weighted by Gasteiger charge is 2.57. The van der Waals surface area contributed by atoms with E-state index in [0.717, 1.165) is 0 Å². The zero-order valence-corrected chi connectivity index (χ0v) is 13.9. The van der Waals surface area contributed by atoms with Crippen LogP contribution in [-0.4, -0.2) is 27.2 Å². The number of carbonyl (C=O) groups is 1. The first kappa shape index (κ1) is 16.7. The van der Waals surface area contributed by atoms with Gasteiger partial charge in [-0.15, -0.1) is 0 Å². The number of carbonyl (C=O) groups excluding carboxylic acids is 1. The van der Waals surface area contributed by atoms with Crippen molar-refractivity contribution in [2.75, 3.05) is 0 Å². The van der Waals surface area contributed by atoms with Crippen LogP contribution in [0, 0.1) is 5.82 Å². The standard InChI is InChI=1S/C15H13BrF2N4O2/c16-8-6-21-13(22-7-8)12(24-14(19)23)15(4-9(17)5-15)11-10(18)2-1-3-20-11/h1-3,6-7,9,12H,4-5H2,(H2,19,23). The first-order chi connectivity index (χ1) is 11.4. The number of hydrogen-bond acceptors (Lipinski definition) is 5. The van der Waals surface area contributed by atoms with Crippen molar-refractivity contribution in [1.29, 1.82) is 0 Å². The van der Waals surface area contributed by atoms with Gasteiger partial charge < -0.3 is 10.5 Å². The number of aromatic nitrogens is 3. The predicted molar refractivity (Wildman–Crippen MR) is 83.1 cm³/mol. The van der Waals surface area contributed by atoms with Crippen LogP contribution in [0.25, 0.3) is 0 Å². The summed E-state index contributed by atoms with van der Waals surface area (Å²) in [7, 11) is 0. The fourth-order valence-corrected chi connectivity index (χ4v) is 3.21. The van der Waals surface area contributed by atoms with Gasteiger partial charge in [0.25, 0.3) is 0 Å². The summed E-state index contributed by atoms with van der Waals surface area (Å²) in [5.41, 5.74) is 3.96. The third-order valence-corrected chi connectivity index (χ3v) is 4.42. The second kappa shape index (κ2) is 6.39. The van der Waals surface area contributed by atoms with Crippen LogP contribution in [0.15, 0.2) is 35.2 Å². The molecule has 1 fully saturated rings. The Kier molecular flexibility index (Phi) is 4.44. The van der Waals surface area contributed by atoms with E-state index >= 15 is 0 Å². The van der Waals surface area contributed by atoms with Gasteiger partial charge in [-0.05, 0) is 40.9 Å².